The number of aromatic nitrogens is 2. The van der Waals surface area contributed by atoms with Crippen LogP contribution in [0.1, 0.15) is 46.7 Å². The molecule has 1 aromatic heterocycles. The number of hydrogen-bond donors (Lipinski definition) is 1. The van der Waals surface area contributed by atoms with Crippen LogP contribution >= 0.6 is 0 Å². The Kier molecular flexibility index (Phi) is 4.18. The third-order valence-electron chi connectivity index (χ3n) is 5.90. The fourth-order valence-electron chi connectivity index (χ4n) is 4.51. The van der Waals surface area contributed by atoms with E-state index in [1.807, 2.05) is 17.0 Å². The van der Waals surface area contributed by atoms with E-state index in [1.165, 1.54) is 11.8 Å². The molecule has 1 spiro atoms. The van der Waals surface area contributed by atoms with Gasteiger partial charge in [-0.3, -0.25) is 9.59 Å². The third-order valence-corrected chi connectivity index (χ3v) is 5.90. The highest BCUT2D eigenvalue weighted by molar-refractivity contribution is 5.94. The summed E-state index contributed by atoms with van der Waals surface area (Å²) in [4.78, 5) is 26.9. The number of likely N-dealkylation sites (tertiary alicyclic amines) is 1. The lowest BCUT2D eigenvalue weighted by Gasteiger charge is -2.40. The molecular weight excluding hydrogens is 328 g/mol. The van der Waals surface area contributed by atoms with Crippen molar-refractivity contribution in [2.75, 3.05) is 20.1 Å². The monoisotopic (exact) mass is 350 g/mol. The number of carbonyl (C=O) groups is 2. The molecule has 1 N–H and O–H groups in total. The zero-order chi connectivity index (χ0) is 18.1. The van der Waals surface area contributed by atoms with Crippen LogP contribution in [-0.2, 0) is 10.2 Å². The first kappa shape index (κ1) is 16.7. The van der Waals surface area contributed by atoms with Gasteiger partial charge in [0, 0.05) is 25.6 Å². The Morgan fingerprint density at radius 2 is 1.92 bits per heavy atom. The van der Waals surface area contributed by atoms with Crippen LogP contribution in [0.4, 0.5) is 0 Å². The largest absolute Gasteiger partial charge is 0.359 e. The molecule has 1 fully saturated rings. The average molecular weight is 350 g/mol. The van der Waals surface area contributed by atoms with Crippen molar-refractivity contribution in [3.05, 3.63) is 59.4 Å². The van der Waals surface area contributed by atoms with Gasteiger partial charge in [-0.2, -0.15) is 10.2 Å². The van der Waals surface area contributed by atoms with Gasteiger partial charge in [0.1, 0.15) is 0 Å². The molecule has 2 aliphatic rings. The Hall–Kier alpha value is -2.76. The van der Waals surface area contributed by atoms with Crippen LogP contribution in [0.15, 0.2) is 42.7 Å². The van der Waals surface area contributed by atoms with E-state index in [0.717, 1.165) is 24.8 Å². The molecule has 134 valence electrons. The predicted molar refractivity (Wildman–Crippen MR) is 96.7 cm³/mol. The minimum absolute atomic E-state index is 0.00360. The third kappa shape index (κ3) is 2.66. The van der Waals surface area contributed by atoms with Crippen molar-refractivity contribution in [2.24, 2.45) is 0 Å². The van der Waals surface area contributed by atoms with Crippen molar-refractivity contribution in [3.63, 3.8) is 0 Å². The van der Waals surface area contributed by atoms with E-state index in [9.17, 15) is 9.59 Å². The second-order valence-corrected chi connectivity index (χ2v) is 7.16. The first-order valence-electron chi connectivity index (χ1n) is 9.02. The maximum atomic E-state index is 12.7. The number of nitrogens with zero attached hydrogens (tertiary/aromatic N) is 3. The van der Waals surface area contributed by atoms with Crippen molar-refractivity contribution < 1.29 is 9.59 Å². The smallest absolute Gasteiger partial charge is 0.255 e. The number of nitrogens with one attached hydrogen (secondary N) is 1. The maximum Gasteiger partial charge on any atom is 0.255 e. The lowest BCUT2D eigenvalue weighted by molar-refractivity contribution is -0.122. The summed E-state index contributed by atoms with van der Waals surface area (Å²) >= 11 is 0. The highest BCUT2D eigenvalue weighted by Crippen LogP contribution is 2.51. The SMILES string of the molecule is CNC(=O)[C@@H]1CC2(CCN(C(=O)c3ccnnc3)CC2)c2ccccc21. The molecule has 4 rings (SSSR count). The molecule has 0 saturated carbocycles. The zero-order valence-electron chi connectivity index (χ0n) is 14.8. The minimum Gasteiger partial charge on any atom is -0.359 e. The number of hydrogen-bond acceptors (Lipinski definition) is 4. The molecule has 0 radical (unpaired) electrons. The molecule has 2 aromatic rings. The Bertz CT molecular complexity index is 829. The number of piperidine rings is 1. The van der Waals surface area contributed by atoms with Crippen LogP contribution in [0.25, 0.3) is 0 Å². The Morgan fingerprint density at radius 3 is 2.62 bits per heavy atom. The van der Waals surface area contributed by atoms with Crippen molar-refractivity contribution in [1.29, 1.82) is 0 Å². The van der Waals surface area contributed by atoms with Gasteiger partial charge in [0.15, 0.2) is 0 Å². The molecule has 1 saturated heterocycles. The summed E-state index contributed by atoms with van der Waals surface area (Å²) in [7, 11) is 1.69. The highest BCUT2D eigenvalue weighted by atomic mass is 16.2. The molecule has 1 atom stereocenters. The maximum absolute atomic E-state index is 12.7. The second-order valence-electron chi connectivity index (χ2n) is 7.16. The predicted octanol–water partition coefficient (Wildman–Crippen LogP) is 1.88. The summed E-state index contributed by atoms with van der Waals surface area (Å²) in [6.07, 6.45) is 5.63. The number of carbonyl (C=O) groups excluding carboxylic acids is 2. The van der Waals surface area contributed by atoms with E-state index in [-0.39, 0.29) is 23.1 Å². The van der Waals surface area contributed by atoms with Crippen molar-refractivity contribution >= 4 is 11.8 Å². The van der Waals surface area contributed by atoms with E-state index in [4.69, 9.17) is 0 Å². The first-order valence-corrected chi connectivity index (χ1v) is 9.02. The van der Waals surface area contributed by atoms with Crippen LogP contribution in [0.2, 0.25) is 0 Å². The molecule has 6 nitrogen and oxygen atoms in total. The van der Waals surface area contributed by atoms with Gasteiger partial charge in [-0.1, -0.05) is 24.3 Å². The van der Waals surface area contributed by atoms with Gasteiger partial charge in [-0.25, -0.2) is 0 Å². The zero-order valence-corrected chi connectivity index (χ0v) is 14.8. The molecular formula is C20H22N4O2. The normalized spacial score (nSPS) is 20.7. The van der Waals surface area contributed by atoms with Crippen molar-refractivity contribution in [1.82, 2.24) is 20.4 Å². The standard InChI is InChI=1S/C20H22N4O2/c1-21-18(25)16-12-20(17-5-3-2-4-15(16)17)7-10-24(11-8-20)19(26)14-6-9-22-23-13-14/h2-6,9,13,16H,7-8,10-12H2,1H3,(H,21,25)/t16-/m1/s1. The number of rotatable bonds is 2. The summed E-state index contributed by atoms with van der Waals surface area (Å²) in [5, 5.41) is 10.3. The first-order chi connectivity index (χ1) is 12.6. The molecule has 2 heterocycles. The van der Waals surface area contributed by atoms with Crippen molar-refractivity contribution in [3.8, 4) is 0 Å². The lowest BCUT2D eigenvalue weighted by Crippen LogP contribution is -2.44. The van der Waals surface area contributed by atoms with Gasteiger partial charge in [-0.05, 0) is 36.5 Å². The van der Waals surface area contributed by atoms with Gasteiger partial charge < -0.3 is 10.2 Å². The van der Waals surface area contributed by atoms with Crippen LogP contribution in [0, 0.1) is 0 Å². The topological polar surface area (TPSA) is 75.2 Å². The van der Waals surface area contributed by atoms with Gasteiger partial charge in [-0.15, -0.1) is 0 Å². The summed E-state index contributed by atoms with van der Waals surface area (Å²) in [6, 6.07) is 9.98. The van der Waals surface area contributed by atoms with Crippen LogP contribution in [0.3, 0.4) is 0 Å². The Labute approximate surface area is 152 Å². The van der Waals surface area contributed by atoms with Crippen molar-refractivity contribution in [2.45, 2.75) is 30.6 Å². The quantitative estimate of drug-likeness (QED) is 0.897. The number of likely N-dealkylation sites (N-methyl/N-ethyl adjacent to an activating group) is 1. The number of amides is 2. The molecule has 1 aromatic carbocycles. The summed E-state index contributed by atoms with van der Waals surface area (Å²) in [5.74, 6) is -0.0116. The molecule has 1 aliphatic heterocycles. The molecule has 2 amide bonds. The van der Waals surface area contributed by atoms with E-state index in [1.54, 1.807) is 19.3 Å². The van der Waals surface area contributed by atoms with E-state index in [0.29, 0.717) is 18.7 Å². The number of fused-ring (bicyclic) bond motifs is 2. The van der Waals surface area contributed by atoms with E-state index in [2.05, 4.69) is 27.6 Å². The Morgan fingerprint density at radius 1 is 1.15 bits per heavy atom. The molecule has 6 heteroatoms. The lowest BCUT2D eigenvalue weighted by atomic mass is 9.73. The van der Waals surface area contributed by atoms with Gasteiger partial charge >= 0.3 is 0 Å². The number of benzene rings is 1. The van der Waals surface area contributed by atoms with Crippen LogP contribution in [-0.4, -0.2) is 47.0 Å². The molecule has 0 unspecified atom stereocenters. The fraction of sp³-hybridized carbons (Fsp3) is 0.400. The summed E-state index contributed by atoms with van der Waals surface area (Å²) in [5.41, 5.74) is 2.99. The van der Waals surface area contributed by atoms with E-state index >= 15 is 0 Å². The fourth-order valence-corrected chi connectivity index (χ4v) is 4.51. The van der Waals surface area contributed by atoms with Crippen LogP contribution in [0.5, 0.6) is 0 Å². The summed E-state index contributed by atoms with van der Waals surface area (Å²) in [6.45, 7) is 1.38. The summed E-state index contributed by atoms with van der Waals surface area (Å²) < 4.78 is 0. The molecule has 26 heavy (non-hydrogen) atoms. The molecule has 1 aliphatic carbocycles. The second kappa shape index (κ2) is 6.52. The minimum atomic E-state index is -0.0946. The van der Waals surface area contributed by atoms with E-state index < -0.39 is 0 Å². The molecule has 0 bridgehead atoms. The van der Waals surface area contributed by atoms with Gasteiger partial charge in [0.05, 0.1) is 23.9 Å². The highest BCUT2D eigenvalue weighted by Gasteiger charge is 2.47. The van der Waals surface area contributed by atoms with Gasteiger partial charge in [0.25, 0.3) is 5.91 Å². The van der Waals surface area contributed by atoms with Gasteiger partial charge in [0.2, 0.25) is 5.91 Å². The van der Waals surface area contributed by atoms with Crippen LogP contribution < -0.4 is 5.32 Å². The average Bonchev–Trinajstić information content (AvgIpc) is 3.02. The Balaban J connectivity index is 1.55.